The van der Waals surface area contributed by atoms with E-state index in [0.29, 0.717) is 12.0 Å². The number of hydrogen-bond acceptors (Lipinski definition) is 2. The molecule has 2 fully saturated rings. The first-order valence-electron chi connectivity index (χ1n) is 6.88. The van der Waals surface area contributed by atoms with Crippen molar-refractivity contribution in [1.29, 1.82) is 0 Å². The summed E-state index contributed by atoms with van der Waals surface area (Å²) in [6.45, 7) is 10.3. The van der Waals surface area contributed by atoms with E-state index in [1.165, 1.54) is 32.1 Å². The van der Waals surface area contributed by atoms with Crippen LogP contribution in [0.4, 0.5) is 0 Å². The third kappa shape index (κ3) is 2.28. The number of ether oxygens (including phenoxy) is 1. The fourth-order valence-electron chi connectivity index (χ4n) is 3.39. The van der Waals surface area contributed by atoms with Crippen molar-refractivity contribution in [3.05, 3.63) is 0 Å². The Kier molecular flexibility index (Phi) is 3.33. The number of hydrogen-bond donors (Lipinski definition) is 1. The van der Waals surface area contributed by atoms with Gasteiger partial charge in [-0.15, -0.1) is 0 Å². The van der Waals surface area contributed by atoms with Crippen molar-refractivity contribution in [2.75, 3.05) is 6.54 Å². The molecule has 94 valence electrons. The quantitative estimate of drug-likeness (QED) is 0.739. The summed E-state index contributed by atoms with van der Waals surface area (Å²) in [6.07, 6.45) is 6.81. The van der Waals surface area contributed by atoms with Crippen LogP contribution in [0.2, 0.25) is 0 Å². The monoisotopic (exact) mass is 225 g/mol. The molecule has 1 aliphatic heterocycles. The second kappa shape index (κ2) is 4.30. The lowest BCUT2D eigenvalue weighted by Crippen LogP contribution is -2.63. The van der Waals surface area contributed by atoms with E-state index in [4.69, 9.17) is 4.74 Å². The van der Waals surface area contributed by atoms with Crippen LogP contribution in [0, 0.1) is 11.3 Å². The zero-order chi connectivity index (χ0) is 11.8. The molecule has 1 saturated heterocycles. The maximum Gasteiger partial charge on any atom is 0.119 e. The Morgan fingerprint density at radius 2 is 1.75 bits per heavy atom. The minimum atomic E-state index is 0.0166. The molecular weight excluding hydrogens is 198 g/mol. The highest BCUT2D eigenvalue weighted by atomic mass is 16.5. The van der Waals surface area contributed by atoms with Crippen LogP contribution in [-0.2, 0) is 4.74 Å². The molecule has 0 aromatic rings. The van der Waals surface area contributed by atoms with Crippen LogP contribution in [-0.4, -0.2) is 18.4 Å². The minimum absolute atomic E-state index is 0.0166. The molecule has 0 aromatic heterocycles. The van der Waals surface area contributed by atoms with Gasteiger partial charge in [0, 0.05) is 12.0 Å². The Morgan fingerprint density at radius 1 is 1.12 bits per heavy atom. The molecule has 2 rings (SSSR count). The van der Waals surface area contributed by atoms with Crippen molar-refractivity contribution in [3.63, 3.8) is 0 Å². The molecular formula is C14H27NO. The summed E-state index contributed by atoms with van der Waals surface area (Å²) < 4.78 is 6.48. The van der Waals surface area contributed by atoms with E-state index in [2.05, 4.69) is 33.0 Å². The standard InChI is InChI=1S/C14H27NO/c1-11(2)12-13(3,4)10-15-14(16-12)8-6-5-7-9-14/h11-12,15H,5-10H2,1-4H3. The Morgan fingerprint density at radius 3 is 2.31 bits per heavy atom. The molecule has 1 N–H and O–H groups in total. The van der Waals surface area contributed by atoms with Gasteiger partial charge in [0.1, 0.15) is 5.72 Å². The van der Waals surface area contributed by atoms with Gasteiger partial charge in [-0.3, -0.25) is 5.32 Å². The van der Waals surface area contributed by atoms with Crippen LogP contribution in [0.5, 0.6) is 0 Å². The summed E-state index contributed by atoms with van der Waals surface area (Å²) in [6, 6.07) is 0. The van der Waals surface area contributed by atoms with Crippen molar-refractivity contribution < 1.29 is 4.74 Å². The van der Waals surface area contributed by atoms with E-state index in [-0.39, 0.29) is 11.1 Å². The zero-order valence-electron chi connectivity index (χ0n) is 11.3. The molecule has 2 nitrogen and oxygen atoms in total. The second-order valence-electron chi connectivity index (χ2n) is 6.68. The first-order valence-corrected chi connectivity index (χ1v) is 6.88. The highest BCUT2D eigenvalue weighted by Crippen LogP contribution is 2.41. The molecule has 16 heavy (non-hydrogen) atoms. The second-order valence-corrected chi connectivity index (χ2v) is 6.68. The maximum absolute atomic E-state index is 6.48. The molecule has 0 bridgehead atoms. The van der Waals surface area contributed by atoms with Crippen molar-refractivity contribution >= 4 is 0 Å². The molecule has 1 saturated carbocycles. The first-order chi connectivity index (χ1) is 7.45. The van der Waals surface area contributed by atoms with E-state index in [0.717, 1.165) is 6.54 Å². The largest absolute Gasteiger partial charge is 0.357 e. The van der Waals surface area contributed by atoms with Gasteiger partial charge in [0.15, 0.2) is 0 Å². The van der Waals surface area contributed by atoms with Gasteiger partial charge >= 0.3 is 0 Å². The van der Waals surface area contributed by atoms with Crippen molar-refractivity contribution in [2.45, 2.75) is 71.6 Å². The van der Waals surface area contributed by atoms with Crippen LogP contribution in [0.25, 0.3) is 0 Å². The number of nitrogens with one attached hydrogen (secondary N) is 1. The summed E-state index contributed by atoms with van der Waals surface area (Å²) in [4.78, 5) is 0. The normalized spacial score (nSPS) is 33.2. The Hall–Kier alpha value is -0.0800. The average Bonchev–Trinajstić information content (AvgIpc) is 2.23. The molecule has 2 heteroatoms. The van der Waals surface area contributed by atoms with Crippen LogP contribution in [0.15, 0.2) is 0 Å². The van der Waals surface area contributed by atoms with E-state index < -0.39 is 0 Å². The van der Waals surface area contributed by atoms with Crippen LogP contribution in [0.1, 0.15) is 59.8 Å². The predicted molar refractivity (Wildman–Crippen MR) is 67.3 cm³/mol. The van der Waals surface area contributed by atoms with Gasteiger partial charge in [-0.05, 0) is 31.6 Å². The fourth-order valence-corrected chi connectivity index (χ4v) is 3.39. The molecule has 0 amide bonds. The van der Waals surface area contributed by atoms with E-state index in [1.54, 1.807) is 0 Å². The van der Waals surface area contributed by atoms with Crippen molar-refractivity contribution in [3.8, 4) is 0 Å². The first kappa shape index (κ1) is 12.4. The highest BCUT2D eigenvalue weighted by Gasteiger charge is 2.46. The smallest absolute Gasteiger partial charge is 0.119 e. The van der Waals surface area contributed by atoms with Gasteiger partial charge in [-0.1, -0.05) is 34.1 Å². The maximum atomic E-state index is 6.48. The molecule has 0 aromatic carbocycles. The Balaban J connectivity index is 2.10. The van der Waals surface area contributed by atoms with Crippen LogP contribution < -0.4 is 5.32 Å². The molecule has 2 aliphatic rings. The third-order valence-corrected chi connectivity index (χ3v) is 4.26. The topological polar surface area (TPSA) is 21.3 Å². The van der Waals surface area contributed by atoms with E-state index in [9.17, 15) is 0 Å². The third-order valence-electron chi connectivity index (χ3n) is 4.26. The van der Waals surface area contributed by atoms with Crippen LogP contribution >= 0.6 is 0 Å². The van der Waals surface area contributed by atoms with Gasteiger partial charge < -0.3 is 4.74 Å². The Bertz CT molecular complexity index is 241. The van der Waals surface area contributed by atoms with Gasteiger partial charge in [-0.25, -0.2) is 0 Å². The summed E-state index contributed by atoms with van der Waals surface area (Å²) >= 11 is 0. The lowest BCUT2D eigenvalue weighted by Gasteiger charge is -2.52. The minimum Gasteiger partial charge on any atom is -0.357 e. The molecule has 1 atom stereocenters. The van der Waals surface area contributed by atoms with E-state index in [1.807, 2.05) is 0 Å². The number of rotatable bonds is 1. The van der Waals surface area contributed by atoms with Gasteiger partial charge in [0.25, 0.3) is 0 Å². The molecule has 1 aliphatic carbocycles. The van der Waals surface area contributed by atoms with E-state index >= 15 is 0 Å². The molecule has 1 spiro atoms. The molecule has 1 unspecified atom stereocenters. The summed E-state index contributed by atoms with van der Waals surface area (Å²) in [7, 11) is 0. The summed E-state index contributed by atoms with van der Waals surface area (Å²) in [5.74, 6) is 0.607. The van der Waals surface area contributed by atoms with Gasteiger partial charge in [0.2, 0.25) is 0 Å². The highest BCUT2D eigenvalue weighted by molar-refractivity contribution is 4.95. The molecule has 0 radical (unpaired) electrons. The predicted octanol–water partition coefficient (Wildman–Crippen LogP) is 3.32. The van der Waals surface area contributed by atoms with Crippen molar-refractivity contribution in [2.24, 2.45) is 11.3 Å². The van der Waals surface area contributed by atoms with Gasteiger partial charge in [-0.2, -0.15) is 0 Å². The zero-order valence-corrected chi connectivity index (χ0v) is 11.3. The van der Waals surface area contributed by atoms with Gasteiger partial charge in [0.05, 0.1) is 6.10 Å². The summed E-state index contributed by atoms with van der Waals surface area (Å²) in [5.41, 5.74) is 0.277. The fraction of sp³-hybridized carbons (Fsp3) is 1.00. The molecule has 1 heterocycles. The lowest BCUT2D eigenvalue weighted by atomic mass is 9.77. The average molecular weight is 225 g/mol. The Labute approximate surface area is 100 Å². The SMILES string of the molecule is CC(C)C1OC2(CCCCC2)NCC1(C)C. The summed E-state index contributed by atoms with van der Waals surface area (Å²) in [5, 5.41) is 3.69. The lowest BCUT2D eigenvalue weighted by molar-refractivity contribution is -0.215. The van der Waals surface area contributed by atoms with Crippen molar-refractivity contribution in [1.82, 2.24) is 5.32 Å². The van der Waals surface area contributed by atoms with Crippen LogP contribution in [0.3, 0.4) is 0 Å².